The Kier molecular flexibility index (Phi) is 2.97. The van der Waals surface area contributed by atoms with Crippen molar-refractivity contribution in [1.29, 1.82) is 0 Å². The summed E-state index contributed by atoms with van der Waals surface area (Å²) in [6.07, 6.45) is 0. The number of nitrogen functional groups attached to an aromatic ring is 2. The fraction of sp³-hybridized carbons (Fsp3) is 0. The van der Waals surface area contributed by atoms with Crippen LogP contribution in [-0.2, 0) is 0 Å². The molecule has 0 spiro atoms. The van der Waals surface area contributed by atoms with Crippen LogP contribution in [-0.4, -0.2) is 9.97 Å². The Labute approximate surface area is 102 Å². The average Bonchev–Trinajstić information content (AvgIpc) is 2.22. The predicted molar refractivity (Wildman–Crippen MR) is 65.5 cm³/mol. The van der Waals surface area contributed by atoms with Gasteiger partial charge in [-0.25, -0.2) is 4.39 Å². The van der Waals surface area contributed by atoms with E-state index in [1.165, 1.54) is 18.2 Å². The Morgan fingerprint density at radius 2 is 1.94 bits per heavy atom. The molecule has 0 radical (unpaired) electrons. The molecule has 1 aromatic heterocycles. The van der Waals surface area contributed by atoms with Gasteiger partial charge in [0.2, 0.25) is 5.95 Å². The summed E-state index contributed by atoms with van der Waals surface area (Å²) in [6, 6.07) is 5.78. The topological polar surface area (TPSA) is 89.8 Å². The standard InChI is InChI=1S/C10H9ClFN5/c11-6-2-1-5(3-7(6)12)15-9-4-8(13)16-10(14)17-9/h1-4H,(H5,13,14,15,16,17). The SMILES string of the molecule is Nc1cc(Nc2ccc(Cl)c(F)c2)nc(N)n1. The number of rotatable bonds is 2. The number of benzene rings is 1. The maximum absolute atomic E-state index is 13.2. The molecule has 0 aliphatic heterocycles. The van der Waals surface area contributed by atoms with Gasteiger partial charge in [-0.1, -0.05) is 11.6 Å². The summed E-state index contributed by atoms with van der Waals surface area (Å²) in [5.74, 6) is 0.139. The third-order valence-corrected chi connectivity index (χ3v) is 2.26. The molecule has 5 nitrogen and oxygen atoms in total. The molecule has 0 fully saturated rings. The summed E-state index contributed by atoms with van der Waals surface area (Å²) in [5.41, 5.74) is 11.4. The lowest BCUT2D eigenvalue weighted by Crippen LogP contribution is -2.03. The molecule has 0 atom stereocenters. The van der Waals surface area contributed by atoms with Crippen LogP contribution in [0.3, 0.4) is 0 Å². The number of hydrogen-bond acceptors (Lipinski definition) is 5. The summed E-state index contributed by atoms with van der Waals surface area (Å²) in [6.45, 7) is 0. The highest BCUT2D eigenvalue weighted by Crippen LogP contribution is 2.22. The van der Waals surface area contributed by atoms with Gasteiger partial charge in [0.05, 0.1) is 5.02 Å². The zero-order valence-electron chi connectivity index (χ0n) is 8.61. The first kappa shape index (κ1) is 11.4. The monoisotopic (exact) mass is 253 g/mol. The molecule has 7 heteroatoms. The molecule has 5 N–H and O–H groups in total. The number of nitrogens with two attached hydrogens (primary N) is 2. The van der Waals surface area contributed by atoms with Crippen LogP contribution in [0.5, 0.6) is 0 Å². The number of anilines is 4. The third kappa shape index (κ3) is 2.73. The van der Waals surface area contributed by atoms with Gasteiger partial charge in [0.25, 0.3) is 0 Å². The molecule has 0 aliphatic rings. The highest BCUT2D eigenvalue weighted by molar-refractivity contribution is 6.30. The zero-order valence-corrected chi connectivity index (χ0v) is 9.37. The molecule has 0 aliphatic carbocycles. The molecule has 88 valence electrons. The number of halogens is 2. The minimum atomic E-state index is -0.522. The van der Waals surface area contributed by atoms with E-state index in [2.05, 4.69) is 15.3 Å². The predicted octanol–water partition coefficient (Wildman–Crippen LogP) is 2.18. The van der Waals surface area contributed by atoms with Crippen molar-refractivity contribution in [1.82, 2.24) is 9.97 Å². The van der Waals surface area contributed by atoms with Gasteiger partial charge in [-0.15, -0.1) is 0 Å². The van der Waals surface area contributed by atoms with Crippen LogP contribution < -0.4 is 16.8 Å². The first-order valence-corrected chi connectivity index (χ1v) is 5.04. The molecule has 0 amide bonds. The van der Waals surface area contributed by atoms with Crippen molar-refractivity contribution in [2.45, 2.75) is 0 Å². The lowest BCUT2D eigenvalue weighted by atomic mass is 10.3. The van der Waals surface area contributed by atoms with E-state index >= 15 is 0 Å². The molecular formula is C10H9ClFN5. The Morgan fingerprint density at radius 1 is 1.18 bits per heavy atom. The number of nitrogens with zero attached hydrogens (tertiary/aromatic N) is 2. The van der Waals surface area contributed by atoms with E-state index in [1.807, 2.05) is 0 Å². The van der Waals surface area contributed by atoms with Gasteiger partial charge in [-0.3, -0.25) is 0 Å². The Bertz CT molecular complexity index is 540. The van der Waals surface area contributed by atoms with Crippen molar-refractivity contribution in [2.24, 2.45) is 0 Å². The van der Waals surface area contributed by atoms with Crippen LogP contribution >= 0.6 is 11.6 Å². The van der Waals surface area contributed by atoms with Crippen molar-refractivity contribution < 1.29 is 4.39 Å². The fourth-order valence-electron chi connectivity index (χ4n) is 1.27. The van der Waals surface area contributed by atoms with E-state index in [1.54, 1.807) is 6.07 Å². The molecule has 0 saturated heterocycles. The van der Waals surface area contributed by atoms with E-state index in [0.29, 0.717) is 11.5 Å². The summed E-state index contributed by atoms with van der Waals surface area (Å²) < 4.78 is 13.2. The smallest absolute Gasteiger partial charge is 0.223 e. The second-order valence-corrected chi connectivity index (χ2v) is 3.70. The second-order valence-electron chi connectivity index (χ2n) is 3.29. The van der Waals surface area contributed by atoms with Crippen LogP contribution in [0.2, 0.25) is 5.02 Å². The normalized spacial score (nSPS) is 10.2. The molecule has 2 aromatic rings. The van der Waals surface area contributed by atoms with Gasteiger partial charge < -0.3 is 16.8 Å². The molecule has 0 bridgehead atoms. The zero-order chi connectivity index (χ0) is 12.4. The van der Waals surface area contributed by atoms with Gasteiger partial charge in [0.15, 0.2) is 0 Å². The van der Waals surface area contributed by atoms with Gasteiger partial charge in [0.1, 0.15) is 17.5 Å². The van der Waals surface area contributed by atoms with Crippen LogP contribution in [0.4, 0.5) is 27.7 Å². The van der Waals surface area contributed by atoms with Crippen molar-refractivity contribution in [3.05, 3.63) is 35.1 Å². The number of hydrogen-bond donors (Lipinski definition) is 3. The molecule has 1 heterocycles. The van der Waals surface area contributed by atoms with E-state index in [-0.39, 0.29) is 16.8 Å². The molecule has 1 aromatic carbocycles. The summed E-state index contributed by atoms with van der Waals surface area (Å²) >= 11 is 5.57. The van der Waals surface area contributed by atoms with Gasteiger partial charge in [-0.2, -0.15) is 9.97 Å². The lowest BCUT2D eigenvalue weighted by molar-refractivity contribution is 0.629. The minimum Gasteiger partial charge on any atom is -0.383 e. The molecule has 0 saturated carbocycles. The molecule has 2 rings (SSSR count). The van der Waals surface area contributed by atoms with Gasteiger partial charge in [-0.05, 0) is 18.2 Å². The molecular weight excluding hydrogens is 245 g/mol. The van der Waals surface area contributed by atoms with Crippen LogP contribution in [0.1, 0.15) is 0 Å². The number of aromatic nitrogens is 2. The first-order valence-electron chi connectivity index (χ1n) is 4.67. The molecule has 17 heavy (non-hydrogen) atoms. The van der Waals surface area contributed by atoms with E-state index in [0.717, 1.165) is 0 Å². The van der Waals surface area contributed by atoms with E-state index in [9.17, 15) is 4.39 Å². The summed E-state index contributed by atoms with van der Waals surface area (Å²) in [5, 5.41) is 2.90. The number of nitrogens with one attached hydrogen (secondary N) is 1. The minimum absolute atomic E-state index is 0.0435. The second kappa shape index (κ2) is 4.42. The maximum atomic E-state index is 13.2. The van der Waals surface area contributed by atoms with Crippen molar-refractivity contribution in [3.8, 4) is 0 Å². The van der Waals surface area contributed by atoms with Crippen molar-refractivity contribution in [2.75, 3.05) is 16.8 Å². The first-order chi connectivity index (χ1) is 8.04. The van der Waals surface area contributed by atoms with Crippen molar-refractivity contribution in [3.63, 3.8) is 0 Å². The van der Waals surface area contributed by atoms with E-state index < -0.39 is 5.82 Å². The van der Waals surface area contributed by atoms with Crippen LogP contribution in [0.15, 0.2) is 24.3 Å². The van der Waals surface area contributed by atoms with Gasteiger partial charge >= 0.3 is 0 Å². The average molecular weight is 254 g/mol. The third-order valence-electron chi connectivity index (χ3n) is 1.96. The summed E-state index contributed by atoms with van der Waals surface area (Å²) in [4.78, 5) is 7.62. The Hall–Kier alpha value is -2.08. The van der Waals surface area contributed by atoms with Gasteiger partial charge in [0, 0.05) is 11.8 Å². The molecule has 0 unspecified atom stereocenters. The van der Waals surface area contributed by atoms with Crippen LogP contribution in [0.25, 0.3) is 0 Å². The quantitative estimate of drug-likeness (QED) is 0.763. The fourth-order valence-corrected chi connectivity index (χ4v) is 1.39. The maximum Gasteiger partial charge on any atom is 0.223 e. The van der Waals surface area contributed by atoms with E-state index in [4.69, 9.17) is 23.1 Å². The Balaban J connectivity index is 2.28. The Morgan fingerprint density at radius 3 is 2.59 bits per heavy atom. The highest BCUT2D eigenvalue weighted by Gasteiger charge is 2.03. The highest BCUT2D eigenvalue weighted by atomic mass is 35.5. The largest absolute Gasteiger partial charge is 0.383 e. The lowest BCUT2D eigenvalue weighted by Gasteiger charge is -2.07. The summed E-state index contributed by atoms with van der Waals surface area (Å²) in [7, 11) is 0. The van der Waals surface area contributed by atoms with Crippen molar-refractivity contribution >= 4 is 34.9 Å². The van der Waals surface area contributed by atoms with Crippen LogP contribution in [0, 0.1) is 5.82 Å².